The minimum absolute atomic E-state index is 0.00470. The number of ether oxygens (including phenoxy) is 1. The molecule has 0 radical (unpaired) electrons. The number of para-hydroxylation sites is 1. The summed E-state index contributed by atoms with van der Waals surface area (Å²) in [6.45, 7) is 2.25. The lowest BCUT2D eigenvalue weighted by atomic mass is 10.1. The van der Waals surface area contributed by atoms with Crippen molar-refractivity contribution < 1.29 is 27.5 Å². The summed E-state index contributed by atoms with van der Waals surface area (Å²) < 4.78 is 42.0. The highest BCUT2D eigenvalue weighted by Crippen LogP contribution is 2.39. The third-order valence-electron chi connectivity index (χ3n) is 4.79. The van der Waals surface area contributed by atoms with Crippen LogP contribution in [-0.2, 0) is 9.59 Å². The zero-order valence-corrected chi connectivity index (χ0v) is 17.6. The molecule has 2 amide bonds. The number of hydrogen-bond acceptors (Lipinski definition) is 5. The number of halogens is 3. The van der Waals surface area contributed by atoms with Crippen LogP contribution in [0.1, 0.15) is 11.8 Å². The first kappa shape index (κ1) is 21.6. The van der Waals surface area contributed by atoms with Gasteiger partial charge in [-0.25, -0.2) is 4.90 Å². The van der Waals surface area contributed by atoms with Gasteiger partial charge in [-0.2, -0.15) is 0 Å². The minimum atomic E-state index is -4.89. The van der Waals surface area contributed by atoms with Crippen molar-refractivity contribution in [2.24, 2.45) is 0 Å². The highest BCUT2D eigenvalue weighted by atomic mass is 32.1. The van der Waals surface area contributed by atoms with Gasteiger partial charge in [-0.3, -0.25) is 9.59 Å². The van der Waals surface area contributed by atoms with E-state index in [2.05, 4.69) is 4.74 Å². The van der Waals surface area contributed by atoms with Gasteiger partial charge < -0.3 is 9.64 Å². The molecule has 0 spiro atoms. The molecule has 164 valence electrons. The van der Waals surface area contributed by atoms with Crippen LogP contribution in [0.25, 0.3) is 5.57 Å². The zero-order chi connectivity index (χ0) is 22.9. The molecule has 3 aromatic rings. The quantitative estimate of drug-likeness (QED) is 0.461. The Labute approximate surface area is 185 Å². The molecular weight excluding hydrogens is 441 g/mol. The lowest BCUT2D eigenvalue weighted by Gasteiger charge is -2.24. The number of alkyl halides is 3. The van der Waals surface area contributed by atoms with E-state index in [1.807, 2.05) is 37.3 Å². The van der Waals surface area contributed by atoms with Crippen LogP contribution in [0.3, 0.4) is 0 Å². The second-order valence-electron chi connectivity index (χ2n) is 6.77. The first-order chi connectivity index (χ1) is 15.3. The molecule has 0 aliphatic carbocycles. The van der Waals surface area contributed by atoms with Gasteiger partial charge in [0, 0.05) is 23.2 Å². The third kappa shape index (κ3) is 4.11. The molecule has 0 atom stereocenters. The van der Waals surface area contributed by atoms with Crippen molar-refractivity contribution in [3.8, 4) is 5.75 Å². The van der Waals surface area contributed by atoms with Crippen LogP contribution in [0.4, 0.5) is 24.5 Å². The van der Waals surface area contributed by atoms with Gasteiger partial charge >= 0.3 is 6.36 Å². The SMILES string of the molecule is CCN(C1=C(c2cccs2)C(=O)N(c2cccc(OC(F)(F)F)c2)C1=O)c1ccccc1. The van der Waals surface area contributed by atoms with Crippen LogP contribution in [0, 0.1) is 0 Å². The van der Waals surface area contributed by atoms with E-state index in [0.717, 1.165) is 22.7 Å². The Morgan fingerprint density at radius 1 is 0.969 bits per heavy atom. The first-order valence-electron chi connectivity index (χ1n) is 9.65. The Morgan fingerprint density at radius 3 is 2.34 bits per heavy atom. The number of likely N-dealkylation sites (N-methyl/N-ethyl adjacent to an activating group) is 1. The normalized spacial score (nSPS) is 14.3. The van der Waals surface area contributed by atoms with Crippen LogP contribution < -0.4 is 14.5 Å². The maximum atomic E-state index is 13.5. The number of hydrogen-bond donors (Lipinski definition) is 0. The molecule has 2 aromatic carbocycles. The van der Waals surface area contributed by atoms with E-state index in [9.17, 15) is 22.8 Å². The number of imide groups is 1. The largest absolute Gasteiger partial charge is 0.573 e. The molecule has 9 heteroatoms. The standard InChI is InChI=1S/C23H17F3N2O3S/c1-2-27(15-8-4-3-5-9-15)20-19(18-12-7-13-32-18)21(29)28(22(20)30)16-10-6-11-17(14-16)31-23(24,25)26/h3-14H,2H2,1H3. The van der Waals surface area contributed by atoms with E-state index in [1.165, 1.54) is 23.5 Å². The average Bonchev–Trinajstić information content (AvgIpc) is 3.35. The summed E-state index contributed by atoms with van der Waals surface area (Å²) in [5, 5.41) is 1.79. The molecule has 4 rings (SSSR count). The lowest BCUT2D eigenvalue weighted by molar-refractivity contribution is -0.274. The highest BCUT2D eigenvalue weighted by molar-refractivity contribution is 7.11. The predicted octanol–water partition coefficient (Wildman–Crippen LogP) is 5.46. The van der Waals surface area contributed by atoms with Crippen LogP contribution in [0.5, 0.6) is 5.75 Å². The molecule has 0 unspecified atom stereocenters. The maximum Gasteiger partial charge on any atom is 0.573 e. The van der Waals surface area contributed by atoms with Crippen molar-refractivity contribution in [3.05, 3.63) is 82.7 Å². The molecule has 0 N–H and O–H groups in total. The number of carbonyl (C=O) groups excluding carboxylic acids is 2. The van der Waals surface area contributed by atoms with Crippen LogP contribution in [-0.4, -0.2) is 24.7 Å². The lowest BCUT2D eigenvalue weighted by Crippen LogP contribution is -2.35. The fourth-order valence-corrected chi connectivity index (χ4v) is 4.31. The summed E-state index contributed by atoms with van der Waals surface area (Å²) in [4.78, 5) is 30.2. The van der Waals surface area contributed by atoms with Crippen LogP contribution in [0.15, 0.2) is 77.8 Å². The minimum Gasteiger partial charge on any atom is -0.406 e. The summed E-state index contributed by atoms with van der Waals surface area (Å²) in [6.07, 6.45) is -4.89. The molecule has 0 fully saturated rings. The third-order valence-corrected chi connectivity index (χ3v) is 5.68. The molecule has 1 aromatic heterocycles. The van der Waals surface area contributed by atoms with Crippen molar-refractivity contribution in [2.45, 2.75) is 13.3 Å². The fourth-order valence-electron chi connectivity index (χ4n) is 3.54. The fraction of sp³-hybridized carbons (Fsp3) is 0.130. The van der Waals surface area contributed by atoms with E-state index < -0.39 is 23.9 Å². The summed E-state index contributed by atoms with van der Waals surface area (Å²) in [6, 6.07) is 17.4. The van der Waals surface area contributed by atoms with Gasteiger partial charge in [0.25, 0.3) is 11.8 Å². The molecule has 0 bridgehead atoms. The number of anilines is 2. The summed E-state index contributed by atoms with van der Waals surface area (Å²) >= 11 is 1.30. The Balaban J connectivity index is 1.81. The number of thiophene rings is 1. The number of nitrogens with zero attached hydrogens (tertiary/aromatic N) is 2. The second-order valence-corrected chi connectivity index (χ2v) is 7.72. The van der Waals surface area contributed by atoms with Gasteiger partial charge in [-0.05, 0) is 42.6 Å². The average molecular weight is 458 g/mol. The molecule has 1 aliphatic rings. The topological polar surface area (TPSA) is 49.9 Å². The van der Waals surface area contributed by atoms with Gasteiger partial charge in [-0.1, -0.05) is 30.3 Å². The molecule has 0 saturated heterocycles. The summed E-state index contributed by atoms with van der Waals surface area (Å²) in [5.74, 6) is -1.74. The number of carbonyl (C=O) groups is 2. The number of benzene rings is 2. The molecule has 2 heterocycles. The number of rotatable bonds is 6. The van der Waals surface area contributed by atoms with Gasteiger partial charge in [0.1, 0.15) is 11.4 Å². The Morgan fingerprint density at radius 2 is 1.72 bits per heavy atom. The predicted molar refractivity (Wildman–Crippen MR) is 116 cm³/mol. The Kier molecular flexibility index (Phi) is 5.75. The van der Waals surface area contributed by atoms with E-state index in [4.69, 9.17) is 0 Å². The summed E-state index contributed by atoms with van der Waals surface area (Å²) in [7, 11) is 0. The van der Waals surface area contributed by atoms with E-state index in [0.29, 0.717) is 11.4 Å². The Bertz CT molecular complexity index is 1170. The smallest absolute Gasteiger partial charge is 0.406 e. The van der Waals surface area contributed by atoms with Gasteiger partial charge in [0.15, 0.2) is 0 Å². The molecular formula is C23H17F3N2O3S. The Hall–Kier alpha value is -3.59. The van der Waals surface area contributed by atoms with Crippen molar-refractivity contribution in [1.82, 2.24) is 0 Å². The molecule has 32 heavy (non-hydrogen) atoms. The zero-order valence-electron chi connectivity index (χ0n) is 16.8. The van der Waals surface area contributed by atoms with Crippen molar-refractivity contribution >= 4 is 40.1 Å². The molecule has 1 aliphatic heterocycles. The molecule has 0 saturated carbocycles. The molecule has 5 nitrogen and oxygen atoms in total. The highest BCUT2D eigenvalue weighted by Gasteiger charge is 2.43. The van der Waals surface area contributed by atoms with Gasteiger partial charge in [-0.15, -0.1) is 24.5 Å². The number of amides is 2. The summed E-state index contributed by atoms with van der Waals surface area (Å²) in [5.41, 5.74) is 1.09. The second kappa shape index (κ2) is 8.51. The van der Waals surface area contributed by atoms with Crippen LogP contribution >= 0.6 is 11.3 Å². The van der Waals surface area contributed by atoms with Crippen molar-refractivity contribution in [3.63, 3.8) is 0 Å². The van der Waals surface area contributed by atoms with Crippen molar-refractivity contribution in [2.75, 3.05) is 16.3 Å². The van der Waals surface area contributed by atoms with E-state index in [-0.39, 0.29) is 17.0 Å². The first-order valence-corrected chi connectivity index (χ1v) is 10.5. The monoisotopic (exact) mass is 458 g/mol. The van der Waals surface area contributed by atoms with Crippen molar-refractivity contribution in [1.29, 1.82) is 0 Å². The van der Waals surface area contributed by atoms with Crippen LogP contribution in [0.2, 0.25) is 0 Å². The van der Waals surface area contributed by atoms with Gasteiger partial charge in [0.2, 0.25) is 0 Å². The van der Waals surface area contributed by atoms with E-state index in [1.54, 1.807) is 22.4 Å². The van der Waals surface area contributed by atoms with E-state index >= 15 is 0 Å². The van der Waals surface area contributed by atoms with Gasteiger partial charge in [0.05, 0.1) is 11.3 Å². The maximum absolute atomic E-state index is 13.5.